The SMILES string of the molecule is O=C([O-])C(=O)[O-].[NH3+]OCC=CCc1ccccc1.[NH3+]OCC=CCc1ccccc1. The minimum Gasteiger partial charge on any atom is -0.543 e. The molecular formula is C22H28N2O6. The molecule has 0 saturated carbocycles. The second-order valence-electron chi connectivity index (χ2n) is 5.64. The van der Waals surface area contributed by atoms with Crippen molar-refractivity contribution in [2.45, 2.75) is 12.8 Å². The number of benzene rings is 2. The molecule has 162 valence electrons. The van der Waals surface area contributed by atoms with Crippen LogP contribution >= 0.6 is 0 Å². The van der Waals surface area contributed by atoms with Crippen molar-refractivity contribution >= 4 is 11.9 Å². The molecule has 2 aromatic carbocycles. The highest BCUT2D eigenvalue weighted by Crippen LogP contribution is 2.00. The molecule has 0 radical (unpaired) electrons. The number of hydrogen-bond donors (Lipinski definition) is 2. The number of carboxylic acid groups (broad SMARTS) is 2. The van der Waals surface area contributed by atoms with Gasteiger partial charge in [0, 0.05) is 0 Å². The summed E-state index contributed by atoms with van der Waals surface area (Å²) in [6.07, 6.45) is 10.0. The van der Waals surface area contributed by atoms with E-state index in [2.05, 4.69) is 57.9 Å². The van der Waals surface area contributed by atoms with Gasteiger partial charge in [-0.15, -0.1) is 0 Å². The van der Waals surface area contributed by atoms with E-state index < -0.39 is 11.9 Å². The van der Waals surface area contributed by atoms with E-state index in [1.54, 1.807) is 0 Å². The Hall–Kier alpha value is -3.30. The fraction of sp³-hybridized carbons (Fsp3) is 0.182. The Morgan fingerprint density at radius 3 is 1.27 bits per heavy atom. The highest BCUT2D eigenvalue weighted by molar-refractivity contribution is 6.25. The van der Waals surface area contributed by atoms with Crippen molar-refractivity contribution in [1.29, 1.82) is 0 Å². The van der Waals surface area contributed by atoms with Gasteiger partial charge in [0.2, 0.25) is 0 Å². The molecular weight excluding hydrogens is 388 g/mol. The first-order valence-electron chi connectivity index (χ1n) is 9.05. The van der Waals surface area contributed by atoms with Gasteiger partial charge in [0.25, 0.3) is 0 Å². The number of carboxylic acids is 2. The summed E-state index contributed by atoms with van der Waals surface area (Å²) in [5.74, 6) is 2.19. The molecule has 0 saturated heterocycles. The Morgan fingerprint density at radius 2 is 1.00 bits per heavy atom. The first-order valence-corrected chi connectivity index (χ1v) is 9.05. The maximum absolute atomic E-state index is 8.93. The van der Waals surface area contributed by atoms with E-state index in [1.165, 1.54) is 11.1 Å². The minimum absolute atomic E-state index is 0.590. The van der Waals surface area contributed by atoms with Crippen LogP contribution in [0.15, 0.2) is 85.0 Å². The van der Waals surface area contributed by atoms with Crippen LogP contribution in [-0.4, -0.2) is 25.2 Å². The summed E-state index contributed by atoms with van der Waals surface area (Å²) in [6, 6.07) is 20.6. The van der Waals surface area contributed by atoms with Crippen LogP contribution in [0, 0.1) is 0 Å². The number of carbonyl (C=O) groups excluding carboxylic acids is 2. The topological polar surface area (TPSA) is 154 Å². The van der Waals surface area contributed by atoms with E-state index in [9.17, 15) is 0 Å². The standard InChI is InChI=1S/2C10H14NO.C2H2O4/c2*11-12-9-5-4-8-10-6-2-1-3-7-10;3-1(4)2(5)6/h2*1-7H,8-9H2,11H3;(H,3,4)(H,5,6)/q2*+1;/p-2. The van der Waals surface area contributed by atoms with E-state index in [0.717, 1.165) is 12.8 Å². The number of aliphatic carboxylic acids is 2. The third-order valence-electron chi connectivity index (χ3n) is 3.32. The molecule has 0 aromatic heterocycles. The summed E-state index contributed by atoms with van der Waals surface area (Å²) >= 11 is 0. The average Bonchev–Trinajstić information content (AvgIpc) is 2.77. The van der Waals surface area contributed by atoms with Gasteiger partial charge >= 0.3 is 0 Å². The Morgan fingerprint density at radius 1 is 0.667 bits per heavy atom. The second-order valence-corrected chi connectivity index (χ2v) is 5.64. The van der Waals surface area contributed by atoms with E-state index in [0.29, 0.717) is 13.2 Å². The molecule has 0 atom stereocenters. The predicted molar refractivity (Wildman–Crippen MR) is 106 cm³/mol. The van der Waals surface area contributed by atoms with Crippen molar-refractivity contribution in [3.8, 4) is 0 Å². The molecule has 0 heterocycles. The molecule has 0 fully saturated rings. The third-order valence-corrected chi connectivity index (χ3v) is 3.32. The van der Waals surface area contributed by atoms with Crippen LogP contribution in [0.3, 0.4) is 0 Å². The van der Waals surface area contributed by atoms with Crippen LogP contribution in [0.2, 0.25) is 0 Å². The molecule has 0 aliphatic heterocycles. The van der Waals surface area contributed by atoms with Gasteiger partial charge in [-0.25, -0.2) is 21.5 Å². The summed E-state index contributed by atoms with van der Waals surface area (Å²) in [4.78, 5) is 27.1. The predicted octanol–water partition coefficient (Wildman–Crippen LogP) is -1.60. The summed E-state index contributed by atoms with van der Waals surface area (Å²) in [5.41, 5.74) is 2.63. The summed E-state index contributed by atoms with van der Waals surface area (Å²) in [5, 5.41) is 17.9. The molecule has 0 aliphatic rings. The fourth-order valence-electron chi connectivity index (χ4n) is 1.94. The summed E-state index contributed by atoms with van der Waals surface area (Å²) in [6.45, 7) is 1.18. The van der Waals surface area contributed by atoms with Crippen molar-refractivity contribution in [3.63, 3.8) is 0 Å². The zero-order valence-electron chi connectivity index (χ0n) is 16.8. The largest absolute Gasteiger partial charge is 0.543 e. The second kappa shape index (κ2) is 19.0. The normalized spacial score (nSPS) is 10.1. The Balaban J connectivity index is 0.000000447. The van der Waals surface area contributed by atoms with Crippen LogP contribution in [0.4, 0.5) is 0 Å². The zero-order chi connectivity index (χ0) is 22.5. The van der Waals surface area contributed by atoms with Gasteiger partial charge in [0.05, 0.1) is 11.9 Å². The van der Waals surface area contributed by atoms with Crippen molar-refractivity contribution in [2.24, 2.45) is 0 Å². The molecule has 0 amide bonds. The van der Waals surface area contributed by atoms with E-state index >= 15 is 0 Å². The Labute approximate surface area is 175 Å². The van der Waals surface area contributed by atoms with Gasteiger partial charge < -0.3 is 19.8 Å². The molecule has 2 aromatic rings. The lowest BCUT2D eigenvalue weighted by Gasteiger charge is -1.97. The molecule has 8 heteroatoms. The summed E-state index contributed by atoms with van der Waals surface area (Å²) in [7, 11) is 0. The maximum atomic E-state index is 8.93. The van der Waals surface area contributed by atoms with E-state index in [1.807, 2.05) is 48.6 Å². The van der Waals surface area contributed by atoms with E-state index in [-0.39, 0.29) is 0 Å². The van der Waals surface area contributed by atoms with E-state index in [4.69, 9.17) is 19.8 Å². The highest BCUT2D eigenvalue weighted by atomic mass is 16.6. The lowest BCUT2D eigenvalue weighted by Crippen LogP contribution is -2.48. The first kappa shape index (κ1) is 26.7. The van der Waals surface area contributed by atoms with Crippen LogP contribution < -0.4 is 22.0 Å². The van der Waals surface area contributed by atoms with Crippen LogP contribution in [-0.2, 0) is 32.1 Å². The molecule has 0 bridgehead atoms. The molecule has 0 aliphatic carbocycles. The number of quaternary nitrogens is 2. The zero-order valence-corrected chi connectivity index (χ0v) is 16.8. The molecule has 6 N–H and O–H groups in total. The van der Waals surface area contributed by atoms with Crippen molar-refractivity contribution in [1.82, 2.24) is 0 Å². The van der Waals surface area contributed by atoms with Crippen LogP contribution in [0.25, 0.3) is 0 Å². The maximum Gasteiger partial charge on any atom is 0.124 e. The molecule has 0 spiro atoms. The number of allylic oxidation sites excluding steroid dienone is 2. The van der Waals surface area contributed by atoms with Crippen LogP contribution in [0.1, 0.15) is 11.1 Å². The third kappa shape index (κ3) is 16.8. The monoisotopic (exact) mass is 416 g/mol. The first-order chi connectivity index (χ1) is 14.5. The molecule has 30 heavy (non-hydrogen) atoms. The van der Waals surface area contributed by atoms with Gasteiger partial charge in [-0.3, -0.25) is 0 Å². The highest BCUT2D eigenvalue weighted by Gasteiger charge is 1.85. The van der Waals surface area contributed by atoms with Crippen molar-refractivity contribution in [2.75, 3.05) is 13.2 Å². The average molecular weight is 416 g/mol. The van der Waals surface area contributed by atoms with Crippen LogP contribution in [0.5, 0.6) is 0 Å². The number of rotatable bonds is 8. The molecule has 2 rings (SSSR count). The minimum atomic E-state index is -2.19. The number of carbonyl (C=O) groups is 2. The smallest absolute Gasteiger partial charge is 0.124 e. The quantitative estimate of drug-likeness (QED) is 0.300. The Bertz CT molecular complexity index is 683. The van der Waals surface area contributed by atoms with Crippen molar-refractivity contribution < 1.29 is 41.3 Å². The summed E-state index contributed by atoms with van der Waals surface area (Å²) < 4.78 is 0. The molecule has 8 nitrogen and oxygen atoms in total. The van der Waals surface area contributed by atoms with Gasteiger partial charge in [0.1, 0.15) is 13.2 Å². The Kier molecular flexibility index (Phi) is 16.9. The van der Waals surface area contributed by atoms with Crippen molar-refractivity contribution in [3.05, 3.63) is 96.1 Å². The van der Waals surface area contributed by atoms with Gasteiger partial charge in [-0.05, 0) is 24.0 Å². The fourth-order valence-corrected chi connectivity index (χ4v) is 1.94. The van der Waals surface area contributed by atoms with Gasteiger partial charge in [-0.2, -0.15) is 0 Å². The molecule has 0 unspecified atom stereocenters. The lowest BCUT2D eigenvalue weighted by atomic mass is 10.1. The lowest BCUT2D eigenvalue weighted by molar-refractivity contribution is -0.686. The number of hydrogen-bond acceptors (Lipinski definition) is 6. The van der Waals surface area contributed by atoms with Gasteiger partial charge in [0.15, 0.2) is 0 Å². The van der Waals surface area contributed by atoms with Gasteiger partial charge in [-0.1, -0.05) is 85.0 Å².